The van der Waals surface area contributed by atoms with Gasteiger partial charge in [-0.2, -0.15) is 0 Å². The van der Waals surface area contributed by atoms with E-state index in [-0.39, 0.29) is 30.4 Å². The molecule has 0 saturated carbocycles. The minimum Gasteiger partial charge on any atom is -0.483 e. The second kappa shape index (κ2) is 8.04. The molecular weight excluding hydrogens is 260 g/mol. The second-order valence-electron chi connectivity index (χ2n) is 4.11. The van der Waals surface area contributed by atoms with Crippen molar-refractivity contribution in [3.63, 3.8) is 0 Å². The standard InChI is InChI=1S/C14H20N2O4/c1-3-7-16-13(17)9-20-12-8-10(15)5-6-11(12)14(18)19-4-2/h5-6,8H,3-4,7,9,15H2,1-2H3,(H,16,17). The van der Waals surface area contributed by atoms with Crippen LogP contribution in [0.2, 0.25) is 0 Å². The maximum absolute atomic E-state index is 11.7. The number of nitrogen functional groups attached to an aromatic ring is 1. The van der Waals surface area contributed by atoms with Gasteiger partial charge in [0.15, 0.2) is 6.61 Å². The number of ether oxygens (including phenoxy) is 2. The minimum absolute atomic E-state index is 0.171. The largest absolute Gasteiger partial charge is 0.483 e. The van der Waals surface area contributed by atoms with Crippen molar-refractivity contribution in [3.05, 3.63) is 23.8 Å². The molecule has 110 valence electrons. The summed E-state index contributed by atoms with van der Waals surface area (Å²) in [6.45, 7) is 4.35. The van der Waals surface area contributed by atoms with E-state index in [1.165, 1.54) is 12.1 Å². The molecule has 0 radical (unpaired) electrons. The molecule has 0 spiro atoms. The molecule has 1 amide bonds. The Bertz CT molecular complexity index is 474. The van der Waals surface area contributed by atoms with Crippen LogP contribution in [0.4, 0.5) is 5.69 Å². The Morgan fingerprint density at radius 3 is 2.70 bits per heavy atom. The first-order valence-corrected chi connectivity index (χ1v) is 6.54. The molecule has 0 saturated heterocycles. The fourth-order valence-electron chi connectivity index (χ4n) is 1.49. The maximum Gasteiger partial charge on any atom is 0.341 e. The van der Waals surface area contributed by atoms with Gasteiger partial charge in [-0.25, -0.2) is 4.79 Å². The van der Waals surface area contributed by atoms with E-state index in [1.807, 2.05) is 6.92 Å². The normalized spacial score (nSPS) is 9.90. The Morgan fingerprint density at radius 2 is 2.05 bits per heavy atom. The number of nitrogens with one attached hydrogen (secondary N) is 1. The zero-order chi connectivity index (χ0) is 15.0. The van der Waals surface area contributed by atoms with E-state index in [1.54, 1.807) is 13.0 Å². The van der Waals surface area contributed by atoms with E-state index in [0.29, 0.717) is 12.2 Å². The fraction of sp³-hybridized carbons (Fsp3) is 0.429. The molecule has 1 rings (SSSR count). The van der Waals surface area contributed by atoms with Crippen LogP contribution in [0.1, 0.15) is 30.6 Å². The Morgan fingerprint density at radius 1 is 1.30 bits per heavy atom. The SMILES string of the molecule is CCCNC(=O)COc1cc(N)ccc1C(=O)OCC. The highest BCUT2D eigenvalue weighted by Crippen LogP contribution is 2.22. The molecular formula is C14H20N2O4. The van der Waals surface area contributed by atoms with E-state index in [9.17, 15) is 9.59 Å². The number of anilines is 1. The number of benzene rings is 1. The van der Waals surface area contributed by atoms with Crippen LogP contribution in [0.5, 0.6) is 5.75 Å². The van der Waals surface area contributed by atoms with E-state index in [4.69, 9.17) is 15.2 Å². The number of carbonyl (C=O) groups excluding carboxylic acids is 2. The summed E-state index contributed by atoms with van der Waals surface area (Å²) in [6.07, 6.45) is 0.845. The van der Waals surface area contributed by atoms with Gasteiger partial charge in [-0.15, -0.1) is 0 Å². The number of esters is 1. The van der Waals surface area contributed by atoms with Gasteiger partial charge in [-0.05, 0) is 25.5 Å². The molecule has 0 aliphatic heterocycles. The van der Waals surface area contributed by atoms with E-state index in [2.05, 4.69) is 5.32 Å². The Hall–Kier alpha value is -2.24. The average molecular weight is 280 g/mol. The van der Waals surface area contributed by atoms with Crippen molar-refractivity contribution in [2.45, 2.75) is 20.3 Å². The van der Waals surface area contributed by atoms with Crippen LogP contribution in [-0.2, 0) is 9.53 Å². The number of hydrogen-bond donors (Lipinski definition) is 2. The first-order chi connectivity index (χ1) is 9.58. The van der Waals surface area contributed by atoms with E-state index in [0.717, 1.165) is 6.42 Å². The van der Waals surface area contributed by atoms with Crippen molar-refractivity contribution in [1.82, 2.24) is 5.32 Å². The molecule has 0 aromatic heterocycles. The highest BCUT2D eigenvalue weighted by Gasteiger charge is 2.15. The predicted molar refractivity (Wildman–Crippen MR) is 75.6 cm³/mol. The zero-order valence-electron chi connectivity index (χ0n) is 11.8. The van der Waals surface area contributed by atoms with Gasteiger partial charge in [-0.3, -0.25) is 4.79 Å². The van der Waals surface area contributed by atoms with E-state index < -0.39 is 5.97 Å². The van der Waals surface area contributed by atoms with Crippen LogP contribution in [0.15, 0.2) is 18.2 Å². The highest BCUT2D eigenvalue weighted by molar-refractivity contribution is 5.93. The Balaban J connectivity index is 2.74. The molecule has 0 atom stereocenters. The third-order valence-electron chi connectivity index (χ3n) is 2.43. The molecule has 0 aliphatic carbocycles. The molecule has 0 unspecified atom stereocenters. The number of carbonyl (C=O) groups is 2. The van der Waals surface area contributed by atoms with Crippen molar-refractivity contribution >= 4 is 17.6 Å². The average Bonchev–Trinajstić information content (AvgIpc) is 2.43. The molecule has 0 fully saturated rings. The molecule has 1 aromatic carbocycles. The zero-order valence-corrected chi connectivity index (χ0v) is 11.8. The third-order valence-corrected chi connectivity index (χ3v) is 2.43. The Kier molecular flexibility index (Phi) is 6.36. The van der Waals surface area contributed by atoms with Gasteiger partial charge < -0.3 is 20.5 Å². The van der Waals surface area contributed by atoms with Crippen molar-refractivity contribution in [2.24, 2.45) is 0 Å². The topological polar surface area (TPSA) is 90.6 Å². The second-order valence-corrected chi connectivity index (χ2v) is 4.11. The smallest absolute Gasteiger partial charge is 0.341 e. The van der Waals surface area contributed by atoms with Gasteiger partial charge in [0, 0.05) is 18.3 Å². The van der Waals surface area contributed by atoms with Gasteiger partial charge in [0.25, 0.3) is 5.91 Å². The lowest BCUT2D eigenvalue weighted by Gasteiger charge is -2.11. The van der Waals surface area contributed by atoms with Gasteiger partial charge in [-0.1, -0.05) is 6.92 Å². The summed E-state index contributed by atoms with van der Waals surface area (Å²) >= 11 is 0. The number of hydrogen-bond acceptors (Lipinski definition) is 5. The van der Waals surface area contributed by atoms with Crippen molar-refractivity contribution < 1.29 is 19.1 Å². The molecule has 6 heteroatoms. The van der Waals surface area contributed by atoms with Crippen molar-refractivity contribution in [1.29, 1.82) is 0 Å². The van der Waals surface area contributed by atoms with Crippen LogP contribution < -0.4 is 15.8 Å². The van der Waals surface area contributed by atoms with Crippen LogP contribution in [0.3, 0.4) is 0 Å². The monoisotopic (exact) mass is 280 g/mol. The number of rotatable bonds is 7. The number of nitrogens with two attached hydrogens (primary N) is 1. The summed E-state index contributed by atoms with van der Waals surface area (Å²) in [5.74, 6) is -0.504. The molecule has 0 heterocycles. The molecule has 20 heavy (non-hydrogen) atoms. The first kappa shape index (κ1) is 15.8. The van der Waals surface area contributed by atoms with Crippen LogP contribution in [-0.4, -0.2) is 31.6 Å². The van der Waals surface area contributed by atoms with Gasteiger partial charge in [0.2, 0.25) is 0 Å². The van der Waals surface area contributed by atoms with Gasteiger partial charge in [0.05, 0.1) is 6.61 Å². The van der Waals surface area contributed by atoms with Crippen LogP contribution >= 0.6 is 0 Å². The molecule has 1 aromatic rings. The molecule has 0 bridgehead atoms. The third kappa shape index (κ3) is 4.79. The van der Waals surface area contributed by atoms with Gasteiger partial charge >= 0.3 is 5.97 Å². The van der Waals surface area contributed by atoms with Gasteiger partial charge in [0.1, 0.15) is 11.3 Å². The quantitative estimate of drug-likeness (QED) is 0.581. The summed E-state index contributed by atoms with van der Waals surface area (Å²) < 4.78 is 10.3. The van der Waals surface area contributed by atoms with Crippen molar-refractivity contribution in [2.75, 3.05) is 25.5 Å². The summed E-state index contributed by atoms with van der Waals surface area (Å²) in [5, 5.41) is 2.68. The van der Waals surface area contributed by atoms with E-state index >= 15 is 0 Å². The summed E-state index contributed by atoms with van der Waals surface area (Å²) in [6, 6.07) is 4.60. The highest BCUT2D eigenvalue weighted by atomic mass is 16.5. The molecule has 3 N–H and O–H groups in total. The molecule has 0 aliphatic rings. The maximum atomic E-state index is 11.7. The summed E-state index contributed by atoms with van der Waals surface area (Å²) in [4.78, 5) is 23.2. The van der Waals surface area contributed by atoms with Crippen molar-refractivity contribution in [3.8, 4) is 5.75 Å². The lowest BCUT2D eigenvalue weighted by atomic mass is 10.2. The van der Waals surface area contributed by atoms with Crippen LogP contribution in [0.25, 0.3) is 0 Å². The minimum atomic E-state index is -0.503. The number of amides is 1. The lowest BCUT2D eigenvalue weighted by Crippen LogP contribution is -2.29. The molecule has 6 nitrogen and oxygen atoms in total. The Labute approximate surface area is 118 Å². The van der Waals surface area contributed by atoms with Crippen LogP contribution in [0, 0.1) is 0 Å². The first-order valence-electron chi connectivity index (χ1n) is 6.54. The predicted octanol–water partition coefficient (Wildman–Crippen LogP) is 1.35. The summed E-state index contributed by atoms with van der Waals surface area (Å²) in [7, 11) is 0. The lowest BCUT2D eigenvalue weighted by molar-refractivity contribution is -0.123. The summed E-state index contributed by atoms with van der Waals surface area (Å²) in [5.41, 5.74) is 6.36. The fourth-order valence-corrected chi connectivity index (χ4v) is 1.49.